The molecule has 1 unspecified atom stereocenters. The molecule has 5 heteroatoms. The Morgan fingerprint density at radius 2 is 1.79 bits per heavy atom. The van der Waals surface area contributed by atoms with Crippen LogP contribution in [0.15, 0.2) is 25.0 Å². The Kier molecular flexibility index (Phi) is 5.25. The Hall–Kier alpha value is -1.67. The van der Waals surface area contributed by atoms with Crippen molar-refractivity contribution in [1.29, 1.82) is 0 Å². The van der Waals surface area contributed by atoms with Crippen LogP contribution in [0.25, 0.3) is 0 Å². The number of benzene rings is 1. The zero-order chi connectivity index (χ0) is 14.6. The van der Waals surface area contributed by atoms with Gasteiger partial charge < -0.3 is 9.30 Å². The lowest BCUT2D eigenvalue weighted by Gasteiger charge is -2.09. The summed E-state index contributed by atoms with van der Waals surface area (Å²) < 4.78 is 16.4. The minimum Gasteiger partial charge on any atom is -0.435 e. The summed E-state index contributed by atoms with van der Waals surface area (Å²) in [5, 5.41) is 0. The van der Waals surface area contributed by atoms with Crippen molar-refractivity contribution >= 4 is 19.3 Å². The Bertz CT molecular complexity index is 538. The van der Waals surface area contributed by atoms with E-state index >= 15 is 0 Å². The molecular weight excluding hydrogens is 263 g/mol. The first-order valence-corrected chi connectivity index (χ1v) is 7.44. The molecule has 0 aliphatic rings. The van der Waals surface area contributed by atoms with Gasteiger partial charge in [-0.1, -0.05) is 24.3 Å². The van der Waals surface area contributed by atoms with E-state index in [-0.39, 0.29) is 6.16 Å². The van der Waals surface area contributed by atoms with E-state index < -0.39 is 19.3 Å². The lowest BCUT2D eigenvalue weighted by atomic mass is 10.0. The molecule has 0 amide bonds. The van der Waals surface area contributed by atoms with Gasteiger partial charge in [0.25, 0.3) is 0 Å². The van der Waals surface area contributed by atoms with Gasteiger partial charge in [-0.25, -0.2) is 0 Å². The van der Waals surface area contributed by atoms with Gasteiger partial charge in [0.15, 0.2) is 7.80 Å². The molecule has 0 aliphatic heterocycles. The van der Waals surface area contributed by atoms with Crippen LogP contribution < -0.4 is 0 Å². The number of hydrogen-bond acceptors (Lipinski definition) is 4. The molecule has 0 saturated heterocycles. The third kappa shape index (κ3) is 3.90. The van der Waals surface area contributed by atoms with Crippen molar-refractivity contribution < 1.29 is 18.9 Å². The Balaban J connectivity index is 2.98. The molecule has 0 fully saturated rings. The van der Waals surface area contributed by atoms with Gasteiger partial charge in [-0.05, 0) is 31.9 Å². The van der Waals surface area contributed by atoms with E-state index in [1.165, 1.54) is 0 Å². The van der Waals surface area contributed by atoms with Crippen LogP contribution in [0.4, 0.5) is 0 Å². The summed E-state index contributed by atoms with van der Waals surface area (Å²) in [4.78, 5) is 23.3. The van der Waals surface area contributed by atoms with Gasteiger partial charge in [-0.2, -0.15) is 0 Å². The number of hydrogen-bond donors (Lipinski definition) is 0. The van der Waals surface area contributed by atoms with Crippen LogP contribution in [-0.4, -0.2) is 17.7 Å². The molecule has 0 heterocycles. The summed E-state index contributed by atoms with van der Waals surface area (Å²) in [5.41, 5.74) is 2.56. The van der Waals surface area contributed by atoms with Gasteiger partial charge in [-0.15, -0.1) is 0 Å². The topological polar surface area (TPSA) is 60.4 Å². The second-order valence-corrected chi connectivity index (χ2v) is 6.01. The van der Waals surface area contributed by atoms with Crippen molar-refractivity contribution in [1.82, 2.24) is 0 Å². The predicted molar refractivity (Wildman–Crippen MR) is 75.1 cm³/mol. The first kappa shape index (κ1) is 15.4. The maximum Gasteiger partial charge on any atom is 0.318 e. The van der Waals surface area contributed by atoms with E-state index in [4.69, 9.17) is 0 Å². The van der Waals surface area contributed by atoms with Gasteiger partial charge in [0.1, 0.15) is 6.16 Å². The fraction of sp³-hybridized carbons (Fsp3) is 0.286. The van der Waals surface area contributed by atoms with Crippen LogP contribution in [0.3, 0.4) is 0 Å². The fourth-order valence-electron chi connectivity index (χ4n) is 2.02. The molecule has 4 nitrogen and oxygen atoms in total. The van der Waals surface area contributed by atoms with E-state index in [0.29, 0.717) is 5.56 Å². The van der Waals surface area contributed by atoms with Gasteiger partial charge in [0.05, 0.1) is 6.26 Å². The molecule has 1 aromatic carbocycles. The van der Waals surface area contributed by atoms with Gasteiger partial charge >= 0.3 is 5.97 Å². The SMILES string of the molecule is C=COC(=O)C[PH](=O)C(=O)c1c(C)cc(C)cc1C. The van der Waals surface area contributed by atoms with Crippen molar-refractivity contribution in [3.8, 4) is 0 Å². The van der Waals surface area contributed by atoms with E-state index in [2.05, 4.69) is 11.3 Å². The lowest BCUT2D eigenvalue weighted by Crippen LogP contribution is -2.08. The van der Waals surface area contributed by atoms with E-state index in [0.717, 1.165) is 23.0 Å². The van der Waals surface area contributed by atoms with Gasteiger partial charge in [-0.3, -0.25) is 9.59 Å². The van der Waals surface area contributed by atoms with E-state index in [9.17, 15) is 14.2 Å². The normalized spacial score (nSPS) is 11.7. The van der Waals surface area contributed by atoms with Crippen molar-refractivity contribution in [3.05, 3.63) is 47.2 Å². The minimum atomic E-state index is -2.71. The molecule has 102 valence electrons. The minimum absolute atomic E-state index is 0.387. The maximum atomic E-state index is 12.1. The number of ether oxygens (including phenoxy) is 1. The molecule has 0 aliphatic carbocycles. The summed E-state index contributed by atoms with van der Waals surface area (Å²) in [6.45, 7) is 8.75. The largest absolute Gasteiger partial charge is 0.435 e. The van der Waals surface area contributed by atoms with E-state index in [1.54, 1.807) is 13.8 Å². The Morgan fingerprint density at radius 1 is 1.26 bits per heavy atom. The summed E-state index contributed by atoms with van der Waals surface area (Å²) >= 11 is 0. The summed E-state index contributed by atoms with van der Waals surface area (Å²) in [5.74, 6) is -0.699. The van der Waals surface area contributed by atoms with Crippen LogP contribution >= 0.6 is 7.80 Å². The third-order valence-corrected chi connectivity index (χ3v) is 4.04. The Morgan fingerprint density at radius 3 is 2.26 bits per heavy atom. The average Bonchev–Trinajstić information content (AvgIpc) is 2.27. The monoisotopic (exact) mass is 280 g/mol. The summed E-state index contributed by atoms with van der Waals surface area (Å²) in [6, 6.07) is 3.72. The van der Waals surface area contributed by atoms with Crippen molar-refractivity contribution in [3.63, 3.8) is 0 Å². The number of rotatable bonds is 5. The van der Waals surface area contributed by atoms with Crippen molar-refractivity contribution in [2.45, 2.75) is 20.8 Å². The highest BCUT2D eigenvalue weighted by Gasteiger charge is 2.21. The highest BCUT2D eigenvalue weighted by atomic mass is 31.1. The van der Waals surface area contributed by atoms with Crippen LogP contribution in [0.2, 0.25) is 0 Å². The molecule has 0 radical (unpaired) electrons. The van der Waals surface area contributed by atoms with Crippen LogP contribution in [-0.2, 0) is 14.1 Å². The zero-order valence-corrected chi connectivity index (χ0v) is 12.3. The molecule has 1 rings (SSSR count). The molecule has 0 spiro atoms. The van der Waals surface area contributed by atoms with Crippen LogP contribution in [0.1, 0.15) is 27.0 Å². The first-order valence-electron chi connectivity index (χ1n) is 5.82. The average molecular weight is 280 g/mol. The molecule has 1 aromatic rings. The van der Waals surface area contributed by atoms with Crippen LogP contribution in [0.5, 0.6) is 0 Å². The predicted octanol–water partition coefficient (Wildman–Crippen LogP) is 3.00. The van der Waals surface area contributed by atoms with Gasteiger partial charge in [0.2, 0.25) is 5.52 Å². The van der Waals surface area contributed by atoms with Crippen molar-refractivity contribution in [2.75, 3.05) is 6.16 Å². The standard InChI is InChI=1S/C14H17O4P/c1-5-18-12(15)8-19(17)14(16)13-10(3)6-9(2)7-11(13)4/h5-7,19H,1,8H2,2-4H3. The van der Waals surface area contributed by atoms with Crippen LogP contribution in [0, 0.1) is 20.8 Å². The second-order valence-electron chi connectivity index (χ2n) is 4.36. The quantitative estimate of drug-likeness (QED) is 0.472. The number of carbonyl (C=O) groups is 2. The zero-order valence-electron chi connectivity index (χ0n) is 11.3. The molecule has 0 N–H and O–H groups in total. The molecule has 19 heavy (non-hydrogen) atoms. The number of esters is 1. The van der Waals surface area contributed by atoms with Crippen molar-refractivity contribution in [2.24, 2.45) is 0 Å². The molecule has 0 saturated carbocycles. The molecular formula is C14H17O4P. The smallest absolute Gasteiger partial charge is 0.318 e. The Labute approximate surface area is 113 Å². The molecule has 1 atom stereocenters. The third-order valence-electron chi connectivity index (χ3n) is 2.68. The van der Waals surface area contributed by atoms with E-state index in [1.807, 2.05) is 19.1 Å². The van der Waals surface area contributed by atoms with Gasteiger partial charge in [0, 0.05) is 5.56 Å². The maximum absolute atomic E-state index is 12.1. The number of aryl methyl sites for hydroxylation is 3. The molecule has 0 bridgehead atoms. The molecule has 0 aromatic heterocycles. The first-order chi connectivity index (χ1) is 8.86. The summed E-state index contributed by atoms with van der Waals surface area (Å²) in [6.07, 6.45) is 0.576. The number of carbonyl (C=O) groups excluding carboxylic acids is 2. The summed E-state index contributed by atoms with van der Waals surface area (Å²) in [7, 11) is -2.71. The highest BCUT2D eigenvalue weighted by Crippen LogP contribution is 2.30. The lowest BCUT2D eigenvalue weighted by molar-refractivity contribution is -0.134. The second kappa shape index (κ2) is 6.48. The highest BCUT2D eigenvalue weighted by molar-refractivity contribution is 7.65. The fourth-order valence-corrected chi connectivity index (χ4v) is 3.20.